The van der Waals surface area contributed by atoms with Crippen LogP contribution in [0.1, 0.15) is 57.8 Å². The Hall–Kier alpha value is -0.0400. The number of hydrogen-bond acceptors (Lipinski definition) is 1. The molecule has 0 bridgehead atoms. The van der Waals surface area contributed by atoms with E-state index in [1.54, 1.807) is 0 Å². The highest BCUT2D eigenvalue weighted by Gasteiger charge is 2.20. The predicted octanol–water partition coefficient (Wildman–Crippen LogP) is 3.35. The van der Waals surface area contributed by atoms with Gasteiger partial charge in [-0.1, -0.05) is 38.5 Å². The Kier molecular flexibility index (Phi) is 4.30. The van der Waals surface area contributed by atoms with Crippen molar-refractivity contribution < 1.29 is 0 Å². The third-order valence-electron chi connectivity index (χ3n) is 3.83. The molecule has 1 N–H and O–H groups in total. The highest BCUT2D eigenvalue weighted by Crippen LogP contribution is 2.31. The Balaban J connectivity index is 1.49. The van der Waals surface area contributed by atoms with Gasteiger partial charge in [-0.05, 0) is 44.2 Å². The van der Waals surface area contributed by atoms with Gasteiger partial charge in [0, 0.05) is 0 Å². The van der Waals surface area contributed by atoms with E-state index in [-0.39, 0.29) is 0 Å². The number of nitrogens with one attached hydrogen (secondary N) is 1. The van der Waals surface area contributed by atoms with Crippen LogP contribution in [0.25, 0.3) is 0 Å². The molecule has 0 aromatic carbocycles. The van der Waals surface area contributed by atoms with Gasteiger partial charge in [0.2, 0.25) is 0 Å². The Morgan fingerprint density at radius 2 is 1.50 bits per heavy atom. The number of hydrogen-bond donors (Lipinski definition) is 1. The summed E-state index contributed by atoms with van der Waals surface area (Å²) in [6, 6.07) is 0. The standard InChI is InChI=1S/C13H25N/c1-2-4-6-13(5-3-1)11-14-10-9-12-7-8-12/h12-14H,1-11H2. The fourth-order valence-electron chi connectivity index (χ4n) is 2.59. The van der Waals surface area contributed by atoms with E-state index in [2.05, 4.69) is 5.32 Å². The normalized spacial score (nSPS) is 24.9. The Morgan fingerprint density at radius 1 is 0.786 bits per heavy atom. The average Bonchev–Trinajstić information content (AvgIpc) is 3.01. The summed E-state index contributed by atoms with van der Waals surface area (Å²) in [4.78, 5) is 0. The summed E-state index contributed by atoms with van der Waals surface area (Å²) in [5.41, 5.74) is 0. The smallest absolute Gasteiger partial charge is 0.00205 e. The van der Waals surface area contributed by atoms with Crippen molar-refractivity contribution in [3.05, 3.63) is 0 Å². The lowest BCUT2D eigenvalue weighted by Gasteiger charge is -2.14. The quantitative estimate of drug-likeness (QED) is 0.524. The Bertz CT molecular complexity index is 143. The molecule has 0 amide bonds. The van der Waals surface area contributed by atoms with E-state index in [4.69, 9.17) is 0 Å². The fraction of sp³-hybridized carbons (Fsp3) is 1.00. The van der Waals surface area contributed by atoms with E-state index in [0.29, 0.717) is 0 Å². The van der Waals surface area contributed by atoms with Crippen molar-refractivity contribution in [2.75, 3.05) is 13.1 Å². The van der Waals surface area contributed by atoms with Crippen molar-refractivity contribution in [3.63, 3.8) is 0 Å². The molecule has 0 spiro atoms. The van der Waals surface area contributed by atoms with Crippen LogP contribution in [0.5, 0.6) is 0 Å². The zero-order chi connectivity index (χ0) is 9.64. The van der Waals surface area contributed by atoms with E-state index >= 15 is 0 Å². The van der Waals surface area contributed by atoms with Gasteiger partial charge in [-0.2, -0.15) is 0 Å². The van der Waals surface area contributed by atoms with E-state index in [1.165, 1.54) is 70.9 Å². The van der Waals surface area contributed by atoms with Crippen molar-refractivity contribution in [1.29, 1.82) is 0 Å². The van der Waals surface area contributed by atoms with Gasteiger partial charge in [-0.3, -0.25) is 0 Å². The largest absolute Gasteiger partial charge is 0.316 e. The fourth-order valence-corrected chi connectivity index (χ4v) is 2.59. The lowest BCUT2D eigenvalue weighted by atomic mass is 10.0. The minimum Gasteiger partial charge on any atom is -0.316 e. The second-order valence-electron chi connectivity index (χ2n) is 5.29. The molecule has 0 aromatic heterocycles. The summed E-state index contributed by atoms with van der Waals surface area (Å²) in [6.07, 6.45) is 13.3. The molecule has 0 heterocycles. The molecule has 1 heteroatoms. The third kappa shape index (κ3) is 4.00. The van der Waals surface area contributed by atoms with Gasteiger partial charge in [0.05, 0.1) is 0 Å². The van der Waals surface area contributed by atoms with E-state index in [1.807, 2.05) is 0 Å². The van der Waals surface area contributed by atoms with Gasteiger partial charge in [0.15, 0.2) is 0 Å². The Labute approximate surface area is 88.7 Å². The maximum atomic E-state index is 3.65. The maximum absolute atomic E-state index is 3.65. The van der Waals surface area contributed by atoms with Crippen LogP contribution < -0.4 is 5.32 Å². The van der Waals surface area contributed by atoms with Gasteiger partial charge in [-0.15, -0.1) is 0 Å². The van der Waals surface area contributed by atoms with Crippen molar-refractivity contribution in [1.82, 2.24) is 5.32 Å². The lowest BCUT2D eigenvalue weighted by molar-refractivity contribution is 0.421. The first kappa shape index (κ1) is 10.5. The summed E-state index contributed by atoms with van der Waals surface area (Å²) >= 11 is 0. The monoisotopic (exact) mass is 195 g/mol. The van der Waals surface area contributed by atoms with Crippen molar-refractivity contribution >= 4 is 0 Å². The minimum absolute atomic E-state index is 0.997. The molecule has 0 atom stereocenters. The third-order valence-corrected chi connectivity index (χ3v) is 3.83. The summed E-state index contributed by atoms with van der Waals surface area (Å²) in [7, 11) is 0. The van der Waals surface area contributed by atoms with E-state index in [9.17, 15) is 0 Å². The van der Waals surface area contributed by atoms with Gasteiger partial charge >= 0.3 is 0 Å². The van der Waals surface area contributed by atoms with Crippen molar-refractivity contribution in [3.8, 4) is 0 Å². The molecule has 1 nitrogen and oxygen atoms in total. The minimum atomic E-state index is 0.997. The number of rotatable bonds is 5. The molecule has 0 unspecified atom stereocenters. The molecule has 14 heavy (non-hydrogen) atoms. The molecule has 2 saturated carbocycles. The summed E-state index contributed by atoms with van der Waals surface area (Å²) in [6.45, 7) is 2.58. The first-order valence-corrected chi connectivity index (χ1v) is 6.66. The maximum Gasteiger partial charge on any atom is -0.00205 e. The van der Waals surface area contributed by atoms with Crippen LogP contribution in [0, 0.1) is 11.8 Å². The molecule has 2 rings (SSSR count). The van der Waals surface area contributed by atoms with Crippen LogP contribution in [0.2, 0.25) is 0 Å². The highest BCUT2D eigenvalue weighted by molar-refractivity contribution is 4.74. The van der Waals surface area contributed by atoms with Gasteiger partial charge in [0.25, 0.3) is 0 Å². The molecule has 2 aliphatic carbocycles. The molecular weight excluding hydrogens is 170 g/mol. The van der Waals surface area contributed by atoms with Crippen LogP contribution in [0.15, 0.2) is 0 Å². The molecule has 0 saturated heterocycles. The zero-order valence-corrected chi connectivity index (χ0v) is 9.43. The van der Waals surface area contributed by atoms with Gasteiger partial charge < -0.3 is 5.32 Å². The van der Waals surface area contributed by atoms with Crippen LogP contribution in [0.3, 0.4) is 0 Å². The predicted molar refractivity (Wildman–Crippen MR) is 61.4 cm³/mol. The van der Waals surface area contributed by atoms with Crippen LogP contribution in [-0.2, 0) is 0 Å². The molecule has 0 aliphatic heterocycles. The zero-order valence-electron chi connectivity index (χ0n) is 9.43. The molecular formula is C13H25N. The first-order valence-electron chi connectivity index (χ1n) is 6.66. The molecule has 0 aromatic rings. The van der Waals surface area contributed by atoms with Crippen LogP contribution in [-0.4, -0.2) is 13.1 Å². The lowest BCUT2D eigenvalue weighted by Crippen LogP contribution is -2.23. The van der Waals surface area contributed by atoms with Crippen LogP contribution in [0.4, 0.5) is 0 Å². The summed E-state index contributed by atoms with van der Waals surface area (Å²) < 4.78 is 0. The van der Waals surface area contributed by atoms with Crippen molar-refractivity contribution in [2.24, 2.45) is 11.8 Å². The molecule has 82 valence electrons. The van der Waals surface area contributed by atoms with Gasteiger partial charge in [-0.25, -0.2) is 0 Å². The molecule has 0 radical (unpaired) electrons. The topological polar surface area (TPSA) is 12.0 Å². The Morgan fingerprint density at radius 3 is 2.14 bits per heavy atom. The molecule has 2 aliphatic rings. The van der Waals surface area contributed by atoms with Gasteiger partial charge in [0.1, 0.15) is 0 Å². The molecule has 2 fully saturated rings. The first-order chi connectivity index (χ1) is 6.95. The van der Waals surface area contributed by atoms with Crippen molar-refractivity contribution in [2.45, 2.75) is 57.8 Å². The van der Waals surface area contributed by atoms with Crippen LogP contribution >= 0.6 is 0 Å². The van der Waals surface area contributed by atoms with E-state index < -0.39 is 0 Å². The second kappa shape index (κ2) is 5.75. The van der Waals surface area contributed by atoms with E-state index in [0.717, 1.165) is 11.8 Å². The summed E-state index contributed by atoms with van der Waals surface area (Å²) in [5, 5.41) is 3.65. The second-order valence-corrected chi connectivity index (χ2v) is 5.29. The summed E-state index contributed by atoms with van der Waals surface area (Å²) in [5.74, 6) is 2.09. The highest BCUT2D eigenvalue weighted by atomic mass is 14.9. The average molecular weight is 195 g/mol. The SMILES string of the molecule is C1CCCC(CNCCC2CC2)CC1.